The molecule has 0 saturated heterocycles. The standard InChI is InChI=1S/C26H24N2O4/c1-15-27-22-13-19(16-8-10-17(30-2)11-9-16)20(12-21(22)26(28-15)31-3)25-14-23(29)18-6-4-5-7-24(18)32-25/h4-11,14,19-20H,12-13H2,1-3H3. The lowest BCUT2D eigenvalue weighted by molar-refractivity contribution is 0.363. The van der Waals surface area contributed by atoms with Gasteiger partial charge in [0.2, 0.25) is 5.88 Å². The largest absolute Gasteiger partial charge is 0.497 e. The van der Waals surface area contributed by atoms with E-state index < -0.39 is 0 Å². The number of ether oxygens (including phenoxy) is 2. The molecule has 4 aromatic rings. The molecule has 2 heterocycles. The first-order valence-corrected chi connectivity index (χ1v) is 10.6. The summed E-state index contributed by atoms with van der Waals surface area (Å²) >= 11 is 0. The highest BCUT2D eigenvalue weighted by Gasteiger charge is 2.36. The lowest BCUT2D eigenvalue weighted by atomic mass is 9.73. The maximum atomic E-state index is 12.9. The third-order valence-electron chi connectivity index (χ3n) is 6.25. The Balaban J connectivity index is 1.67. The van der Waals surface area contributed by atoms with Crippen molar-refractivity contribution in [3.05, 3.63) is 93.2 Å². The molecule has 1 aliphatic carbocycles. The molecule has 0 radical (unpaired) electrons. The van der Waals surface area contributed by atoms with Crippen LogP contribution in [0.2, 0.25) is 0 Å². The lowest BCUT2D eigenvalue weighted by Gasteiger charge is -2.33. The number of benzene rings is 2. The molecule has 2 atom stereocenters. The number of rotatable bonds is 4. The molecule has 2 aromatic carbocycles. The summed E-state index contributed by atoms with van der Waals surface area (Å²) in [5.74, 6) is 2.77. The Bertz CT molecular complexity index is 1340. The Morgan fingerprint density at radius 1 is 0.938 bits per heavy atom. The van der Waals surface area contributed by atoms with E-state index in [4.69, 9.17) is 18.9 Å². The quantitative estimate of drug-likeness (QED) is 0.474. The van der Waals surface area contributed by atoms with E-state index in [0.717, 1.165) is 22.6 Å². The molecule has 0 fully saturated rings. The number of nitrogens with zero attached hydrogens (tertiary/aromatic N) is 2. The molecule has 6 nitrogen and oxygen atoms in total. The van der Waals surface area contributed by atoms with Crippen LogP contribution in [0.3, 0.4) is 0 Å². The number of para-hydroxylation sites is 1. The molecule has 0 saturated carbocycles. The third kappa shape index (κ3) is 3.51. The van der Waals surface area contributed by atoms with Gasteiger partial charge in [-0.1, -0.05) is 24.3 Å². The average molecular weight is 428 g/mol. The summed E-state index contributed by atoms with van der Waals surface area (Å²) in [5, 5.41) is 0.588. The molecule has 1 aliphatic rings. The summed E-state index contributed by atoms with van der Waals surface area (Å²) in [6, 6.07) is 17.1. The second-order valence-electron chi connectivity index (χ2n) is 8.11. The van der Waals surface area contributed by atoms with Crippen molar-refractivity contribution in [2.45, 2.75) is 31.6 Å². The lowest BCUT2D eigenvalue weighted by Crippen LogP contribution is -2.25. The van der Waals surface area contributed by atoms with Crippen LogP contribution < -0.4 is 14.9 Å². The van der Waals surface area contributed by atoms with Crippen molar-refractivity contribution in [2.75, 3.05) is 14.2 Å². The van der Waals surface area contributed by atoms with Crippen LogP contribution in [0.4, 0.5) is 0 Å². The van der Waals surface area contributed by atoms with Crippen LogP contribution in [0, 0.1) is 6.92 Å². The maximum Gasteiger partial charge on any atom is 0.219 e. The summed E-state index contributed by atoms with van der Waals surface area (Å²) in [6.45, 7) is 1.87. The molecule has 0 amide bonds. The van der Waals surface area contributed by atoms with Crippen molar-refractivity contribution in [1.82, 2.24) is 9.97 Å². The molecule has 0 bridgehead atoms. The van der Waals surface area contributed by atoms with Crippen LogP contribution >= 0.6 is 0 Å². The minimum absolute atomic E-state index is 0.0340. The number of hydrogen-bond acceptors (Lipinski definition) is 6. The fraction of sp³-hybridized carbons (Fsp3) is 0.269. The Morgan fingerprint density at radius 2 is 1.72 bits per heavy atom. The summed E-state index contributed by atoms with van der Waals surface area (Å²) in [4.78, 5) is 22.1. The number of aryl methyl sites for hydroxylation is 1. The average Bonchev–Trinajstić information content (AvgIpc) is 2.82. The van der Waals surface area contributed by atoms with Gasteiger partial charge in [0.1, 0.15) is 22.9 Å². The number of fused-ring (bicyclic) bond motifs is 2. The minimum atomic E-state index is -0.0617. The van der Waals surface area contributed by atoms with E-state index in [1.165, 1.54) is 0 Å². The van der Waals surface area contributed by atoms with Gasteiger partial charge in [-0.05, 0) is 55.5 Å². The van der Waals surface area contributed by atoms with Crippen molar-refractivity contribution >= 4 is 11.0 Å². The molecule has 0 N–H and O–H groups in total. The van der Waals surface area contributed by atoms with Gasteiger partial charge in [0, 0.05) is 17.5 Å². The zero-order chi connectivity index (χ0) is 22.2. The van der Waals surface area contributed by atoms with E-state index in [-0.39, 0.29) is 17.3 Å². The third-order valence-corrected chi connectivity index (χ3v) is 6.25. The minimum Gasteiger partial charge on any atom is -0.497 e. The molecule has 0 aliphatic heterocycles. The van der Waals surface area contributed by atoms with E-state index in [1.807, 2.05) is 37.3 Å². The molecule has 162 valence electrons. The van der Waals surface area contributed by atoms with Gasteiger partial charge in [-0.3, -0.25) is 4.79 Å². The van der Waals surface area contributed by atoms with Gasteiger partial charge in [-0.2, -0.15) is 4.98 Å². The molecule has 0 spiro atoms. The van der Waals surface area contributed by atoms with Crippen molar-refractivity contribution in [3.8, 4) is 11.6 Å². The van der Waals surface area contributed by atoms with Crippen LogP contribution in [0.25, 0.3) is 11.0 Å². The van der Waals surface area contributed by atoms with Crippen molar-refractivity contribution in [1.29, 1.82) is 0 Å². The van der Waals surface area contributed by atoms with Crippen LogP contribution in [0.15, 0.2) is 63.8 Å². The maximum absolute atomic E-state index is 12.9. The molecule has 2 aromatic heterocycles. The normalized spacial score (nSPS) is 17.7. The SMILES string of the molecule is COc1ccc(C2Cc3nc(C)nc(OC)c3CC2c2cc(=O)c3ccccc3o2)cc1. The monoisotopic (exact) mass is 428 g/mol. The second kappa shape index (κ2) is 8.11. The highest BCUT2D eigenvalue weighted by Crippen LogP contribution is 2.44. The zero-order valence-electron chi connectivity index (χ0n) is 18.3. The second-order valence-corrected chi connectivity index (χ2v) is 8.11. The van der Waals surface area contributed by atoms with E-state index in [1.54, 1.807) is 26.4 Å². The fourth-order valence-electron chi connectivity index (χ4n) is 4.69. The van der Waals surface area contributed by atoms with Gasteiger partial charge in [0.15, 0.2) is 5.43 Å². The first kappa shape index (κ1) is 20.2. The Labute approximate surface area is 185 Å². The highest BCUT2D eigenvalue weighted by atomic mass is 16.5. The van der Waals surface area contributed by atoms with Crippen LogP contribution in [-0.4, -0.2) is 24.2 Å². The van der Waals surface area contributed by atoms with Crippen LogP contribution in [0.5, 0.6) is 11.6 Å². The van der Waals surface area contributed by atoms with Crippen LogP contribution in [-0.2, 0) is 12.8 Å². The summed E-state index contributed by atoms with van der Waals surface area (Å²) in [7, 11) is 3.28. The smallest absolute Gasteiger partial charge is 0.219 e. The molecule has 2 unspecified atom stereocenters. The Morgan fingerprint density at radius 3 is 2.47 bits per heavy atom. The number of methoxy groups -OCH3 is 2. The molecule has 6 heteroatoms. The van der Waals surface area contributed by atoms with E-state index >= 15 is 0 Å². The summed E-state index contributed by atoms with van der Waals surface area (Å²) < 4.78 is 17.2. The predicted octanol–water partition coefficient (Wildman–Crippen LogP) is 4.57. The van der Waals surface area contributed by atoms with Gasteiger partial charge in [0.05, 0.1) is 25.3 Å². The fourth-order valence-corrected chi connectivity index (χ4v) is 4.69. The Hall–Kier alpha value is -3.67. The summed E-state index contributed by atoms with van der Waals surface area (Å²) in [6.07, 6.45) is 1.32. The zero-order valence-corrected chi connectivity index (χ0v) is 18.3. The van der Waals surface area contributed by atoms with Gasteiger partial charge in [0.25, 0.3) is 0 Å². The van der Waals surface area contributed by atoms with Gasteiger partial charge in [-0.25, -0.2) is 4.98 Å². The Kier molecular flexibility index (Phi) is 5.13. The van der Waals surface area contributed by atoms with E-state index in [0.29, 0.717) is 41.3 Å². The topological polar surface area (TPSA) is 74.5 Å². The predicted molar refractivity (Wildman–Crippen MR) is 122 cm³/mol. The van der Waals surface area contributed by atoms with Crippen LogP contribution in [0.1, 0.15) is 40.2 Å². The van der Waals surface area contributed by atoms with Crippen molar-refractivity contribution < 1.29 is 13.9 Å². The first-order chi connectivity index (χ1) is 15.6. The number of hydrogen-bond donors (Lipinski definition) is 0. The van der Waals surface area contributed by atoms with Crippen molar-refractivity contribution in [2.24, 2.45) is 0 Å². The van der Waals surface area contributed by atoms with Gasteiger partial charge >= 0.3 is 0 Å². The van der Waals surface area contributed by atoms with E-state index in [2.05, 4.69) is 17.1 Å². The molecular formula is C26H24N2O4. The summed E-state index contributed by atoms with van der Waals surface area (Å²) in [5.41, 5.74) is 3.67. The molecule has 5 rings (SSSR count). The van der Waals surface area contributed by atoms with E-state index in [9.17, 15) is 4.79 Å². The van der Waals surface area contributed by atoms with Crippen molar-refractivity contribution in [3.63, 3.8) is 0 Å². The number of aromatic nitrogens is 2. The first-order valence-electron chi connectivity index (χ1n) is 10.6. The highest BCUT2D eigenvalue weighted by molar-refractivity contribution is 5.76. The molecule has 32 heavy (non-hydrogen) atoms. The van der Waals surface area contributed by atoms with Gasteiger partial charge < -0.3 is 13.9 Å². The molecular weight excluding hydrogens is 404 g/mol. The van der Waals surface area contributed by atoms with Gasteiger partial charge in [-0.15, -0.1) is 0 Å².